The Labute approximate surface area is 124 Å². The van der Waals surface area contributed by atoms with Gasteiger partial charge < -0.3 is 14.4 Å². The minimum absolute atomic E-state index is 0.135. The molecular weight excluding hydrogens is 270 g/mol. The zero-order valence-corrected chi connectivity index (χ0v) is 12.6. The Morgan fingerprint density at radius 1 is 1.24 bits per heavy atom. The average Bonchev–Trinajstić information content (AvgIpc) is 2.93. The van der Waals surface area contributed by atoms with Crippen molar-refractivity contribution in [3.63, 3.8) is 0 Å². The molecule has 114 valence electrons. The second-order valence-corrected chi connectivity index (χ2v) is 5.08. The fourth-order valence-electron chi connectivity index (χ4n) is 2.56. The van der Waals surface area contributed by atoms with E-state index in [-0.39, 0.29) is 11.9 Å². The lowest BCUT2D eigenvalue weighted by Crippen LogP contribution is -2.28. The van der Waals surface area contributed by atoms with Crippen molar-refractivity contribution in [3.05, 3.63) is 29.3 Å². The van der Waals surface area contributed by atoms with Crippen molar-refractivity contribution in [2.24, 2.45) is 0 Å². The van der Waals surface area contributed by atoms with Gasteiger partial charge in [-0.05, 0) is 43.0 Å². The fourth-order valence-corrected chi connectivity index (χ4v) is 2.56. The maximum absolute atomic E-state index is 12.2. The number of unbranched alkanes of at least 4 members (excludes halogenated alkanes) is 1. The molecule has 0 aliphatic carbocycles. The van der Waals surface area contributed by atoms with Crippen LogP contribution in [-0.2, 0) is 20.7 Å². The van der Waals surface area contributed by atoms with Crippen LogP contribution in [0, 0.1) is 0 Å². The molecule has 0 bridgehead atoms. The van der Waals surface area contributed by atoms with E-state index in [2.05, 4.69) is 0 Å². The van der Waals surface area contributed by atoms with Crippen LogP contribution in [0.4, 0.5) is 5.69 Å². The van der Waals surface area contributed by atoms with Gasteiger partial charge in [0.2, 0.25) is 5.91 Å². The van der Waals surface area contributed by atoms with E-state index >= 15 is 0 Å². The van der Waals surface area contributed by atoms with Gasteiger partial charge in [-0.1, -0.05) is 0 Å². The van der Waals surface area contributed by atoms with Crippen molar-refractivity contribution in [3.8, 4) is 0 Å². The second-order valence-electron chi connectivity index (χ2n) is 5.08. The Morgan fingerprint density at radius 2 is 2.05 bits per heavy atom. The highest BCUT2D eigenvalue weighted by molar-refractivity contribution is 5.97. The van der Waals surface area contributed by atoms with Gasteiger partial charge in [-0.2, -0.15) is 0 Å². The first-order chi connectivity index (χ1) is 10.2. The van der Waals surface area contributed by atoms with Gasteiger partial charge in [-0.25, -0.2) is 4.79 Å². The first-order valence-corrected chi connectivity index (χ1v) is 7.18. The van der Waals surface area contributed by atoms with Gasteiger partial charge in [0.25, 0.3) is 0 Å². The number of anilines is 1. The minimum atomic E-state index is -0.345. The van der Waals surface area contributed by atoms with Gasteiger partial charge in [0.15, 0.2) is 0 Å². The molecule has 1 heterocycles. The fraction of sp³-hybridized carbons (Fsp3) is 0.500. The number of carbonyl (C=O) groups is 2. The van der Waals surface area contributed by atoms with Crippen molar-refractivity contribution in [2.45, 2.75) is 25.7 Å². The van der Waals surface area contributed by atoms with E-state index in [0.717, 1.165) is 30.5 Å². The summed E-state index contributed by atoms with van der Waals surface area (Å²) >= 11 is 0. The van der Waals surface area contributed by atoms with Gasteiger partial charge in [-0.15, -0.1) is 0 Å². The molecule has 1 aromatic rings. The Bertz CT molecular complexity index is 527. The quantitative estimate of drug-likeness (QED) is 0.595. The highest BCUT2D eigenvalue weighted by atomic mass is 16.5. The summed E-state index contributed by atoms with van der Waals surface area (Å²) in [5, 5.41) is 0. The van der Waals surface area contributed by atoms with Crippen molar-refractivity contribution in [1.29, 1.82) is 0 Å². The summed E-state index contributed by atoms with van der Waals surface area (Å²) in [5.74, 6) is -0.210. The molecular formula is C16H21NO4. The summed E-state index contributed by atoms with van der Waals surface area (Å²) in [6.07, 6.45) is 3.04. The van der Waals surface area contributed by atoms with Gasteiger partial charge >= 0.3 is 5.97 Å². The summed E-state index contributed by atoms with van der Waals surface area (Å²) in [7, 11) is 3.03. The molecule has 1 aromatic carbocycles. The summed E-state index contributed by atoms with van der Waals surface area (Å²) < 4.78 is 9.70. The lowest BCUT2D eigenvalue weighted by molar-refractivity contribution is -0.118. The van der Waals surface area contributed by atoms with Gasteiger partial charge in [0, 0.05) is 32.4 Å². The largest absolute Gasteiger partial charge is 0.465 e. The Hall–Kier alpha value is -1.88. The molecule has 5 heteroatoms. The third-order valence-electron chi connectivity index (χ3n) is 3.69. The predicted octanol–water partition coefficient (Wildman–Crippen LogP) is 2.18. The highest BCUT2D eigenvalue weighted by Crippen LogP contribution is 2.29. The van der Waals surface area contributed by atoms with E-state index in [4.69, 9.17) is 9.47 Å². The monoisotopic (exact) mass is 291 g/mol. The molecule has 0 N–H and O–H groups in total. The molecule has 0 saturated carbocycles. The number of nitrogens with zero attached hydrogens (tertiary/aromatic N) is 1. The molecule has 0 atom stereocenters. The summed E-state index contributed by atoms with van der Waals surface area (Å²) in [5.41, 5.74) is 2.48. The number of amides is 1. The normalized spacial score (nSPS) is 13.1. The zero-order valence-electron chi connectivity index (χ0n) is 12.6. The average molecular weight is 291 g/mol. The predicted molar refractivity (Wildman–Crippen MR) is 79.6 cm³/mol. The van der Waals surface area contributed by atoms with Crippen LogP contribution in [0.15, 0.2) is 18.2 Å². The van der Waals surface area contributed by atoms with Gasteiger partial charge in [-0.3, -0.25) is 4.79 Å². The Kier molecular flexibility index (Phi) is 5.33. The number of methoxy groups -OCH3 is 2. The van der Waals surface area contributed by atoms with E-state index in [9.17, 15) is 9.59 Å². The molecule has 1 aliphatic rings. The van der Waals surface area contributed by atoms with Crippen LogP contribution < -0.4 is 4.90 Å². The molecule has 0 aromatic heterocycles. The van der Waals surface area contributed by atoms with Crippen LogP contribution >= 0.6 is 0 Å². The van der Waals surface area contributed by atoms with Crippen molar-refractivity contribution in [1.82, 2.24) is 0 Å². The van der Waals surface area contributed by atoms with E-state index in [0.29, 0.717) is 25.1 Å². The standard InChI is InChI=1S/C16H21NO4/c1-20-10-4-3-5-15(18)17-9-8-12-11-13(16(19)21-2)6-7-14(12)17/h6-7,11H,3-5,8-10H2,1-2H3. The van der Waals surface area contributed by atoms with E-state index in [1.807, 2.05) is 17.0 Å². The number of hydrogen-bond acceptors (Lipinski definition) is 4. The van der Waals surface area contributed by atoms with E-state index in [1.165, 1.54) is 7.11 Å². The van der Waals surface area contributed by atoms with Gasteiger partial charge in [0.05, 0.1) is 12.7 Å². The lowest BCUT2D eigenvalue weighted by Gasteiger charge is -2.17. The molecule has 0 fully saturated rings. The number of benzene rings is 1. The first kappa shape index (κ1) is 15.5. The SMILES string of the molecule is COCCCCC(=O)N1CCc2cc(C(=O)OC)ccc21. The molecule has 21 heavy (non-hydrogen) atoms. The first-order valence-electron chi connectivity index (χ1n) is 7.18. The molecule has 0 spiro atoms. The Balaban J connectivity index is 2.01. The number of hydrogen-bond donors (Lipinski definition) is 0. The van der Waals surface area contributed by atoms with Crippen molar-refractivity contribution >= 4 is 17.6 Å². The molecule has 5 nitrogen and oxygen atoms in total. The lowest BCUT2D eigenvalue weighted by atomic mass is 10.1. The highest BCUT2D eigenvalue weighted by Gasteiger charge is 2.25. The van der Waals surface area contributed by atoms with Crippen LogP contribution in [0.1, 0.15) is 35.2 Å². The van der Waals surface area contributed by atoms with Crippen LogP contribution in [0.2, 0.25) is 0 Å². The molecule has 2 rings (SSSR count). The van der Waals surface area contributed by atoms with Gasteiger partial charge in [0.1, 0.15) is 0 Å². The topological polar surface area (TPSA) is 55.8 Å². The second kappa shape index (κ2) is 7.22. The van der Waals surface area contributed by atoms with E-state index < -0.39 is 0 Å². The van der Waals surface area contributed by atoms with Crippen LogP contribution in [0.25, 0.3) is 0 Å². The maximum atomic E-state index is 12.2. The van der Waals surface area contributed by atoms with Crippen LogP contribution in [-0.4, -0.2) is 39.2 Å². The summed E-state index contributed by atoms with van der Waals surface area (Å²) in [6, 6.07) is 5.36. The third kappa shape index (κ3) is 3.61. The summed E-state index contributed by atoms with van der Waals surface area (Å²) in [6.45, 7) is 1.37. The minimum Gasteiger partial charge on any atom is -0.465 e. The third-order valence-corrected chi connectivity index (χ3v) is 3.69. The molecule has 1 amide bonds. The smallest absolute Gasteiger partial charge is 0.337 e. The van der Waals surface area contributed by atoms with E-state index in [1.54, 1.807) is 13.2 Å². The molecule has 0 radical (unpaired) electrons. The van der Waals surface area contributed by atoms with Crippen molar-refractivity contribution < 1.29 is 19.1 Å². The number of rotatable bonds is 6. The number of ether oxygens (including phenoxy) is 2. The molecule has 1 aliphatic heterocycles. The Morgan fingerprint density at radius 3 is 2.76 bits per heavy atom. The maximum Gasteiger partial charge on any atom is 0.337 e. The zero-order chi connectivity index (χ0) is 15.2. The van der Waals surface area contributed by atoms with Crippen molar-refractivity contribution in [2.75, 3.05) is 32.3 Å². The molecule has 0 saturated heterocycles. The summed E-state index contributed by atoms with van der Waals surface area (Å²) in [4.78, 5) is 25.6. The number of carbonyl (C=O) groups excluding carboxylic acids is 2. The number of esters is 1. The molecule has 0 unspecified atom stereocenters. The number of fused-ring (bicyclic) bond motifs is 1. The van der Waals surface area contributed by atoms with Crippen LogP contribution in [0.3, 0.4) is 0 Å². The van der Waals surface area contributed by atoms with Crippen LogP contribution in [0.5, 0.6) is 0 Å².